The number of carbonyl (C=O) groups excluding carboxylic acids is 1. The van der Waals surface area contributed by atoms with E-state index in [1.807, 2.05) is 44.2 Å². The number of nitrogens with one attached hydrogen (secondary N) is 1. The molecule has 1 aromatic carbocycles. The number of H-pyrrole nitrogens is 1. The van der Waals surface area contributed by atoms with Gasteiger partial charge in [-0.05, 0) is 26.0 Å². The SMILES string of the molecule is COC(=O)c1c(C)[nH]c(C)c1-c1cc2ccccc2o1. The van der Waals surface area contributed by atoms with Crippen molar-refractivity contribution in [1.82, 2.24) is 4.98 Å². The lowest BCUT2D eigenvalue weighted by atomic mass is 10.1. The predicted molar refractivity (Wildman–Crippen MR) is 76.8 cm³/mol. The van der Waals surface area contributed by atoms with E-state index in [1.54, 1.807) is 0 Å². The fourth-order valence-electron chi connectivity index (χ4n) is 2.55. The van der Waals surface area contributed by atoms with E-state index in [2.05, 4.69) is 4.98 Å². The second-order valence-electron chi connectivity index (χ2n) is 4.77. The predicted octanol–water partition coefficient (Wildman–Crippen LogP) is 3.83. The summed E-state index contributed by atoms with van der Waals surface area (Å²) in [6.07, 6.45) is 0. The Hall–Kier alpha value is -2.49. The van der Waals surface area contributed by atoms with Crippen molar-refractivity contribution in [2.45, 2.75) is 13.8 Å². The topological polar surface area (TPSA) is 55.2 Å². The lowest BCUT2D eigenvalue weighted by molar-refractivity contribution is 0.0600. The number of hydrogen-bond donors (Lipinski definition) is 1. The van der Waals surface area contributed by atoms with Gasteiger partial charge in [-0.25, -0.2) is 4.79 Å². The van der Waals surface area contributed by atoms with Crippen molar-refractivity contribution in [3.8, 4) is 11.3 Å². The molecule has 0 amide bonds. The summed E-state index contributed by atoms with van der Waals surface area (Å²) in [7, 11) is 1.38. The van der Waals surface area contributed by atoms with Gasteiger partial charge in [0, 0.05) is 16.8 Å². The number of benzene rings is 1. The molecule has 0 saturated heterocycles. The van der Waals surface area contributed by atoms with E-state index in [0.717, 1.165) is 27.9 Å². The first kappa shape index (κ1) is 12.5. The van der Waals surface area contributed by atoms with Crippen LogP contribution in [0.25, 0.3) is 22.3 Å². The highest BCUT2D eigenvalue weighted by Crippen LogP contribution is 2.34. The Morgan fingerprint density at radius 2 is 1.95 bits per heavy atom. The average Bonchev–Trinajstić information content (AvgIpc) is 2.97. The summed E-state index contributed by atoms with van der Waals surface area (Å²) >= 11 is 0. The fraction of sp³-hybridized carbons (Fsp3) is 0.188. The van der Waals surface area contributed by atoms with Crippen molar-refractivity contribution in [2.24, 2.45) is 0 Å². The summed E-state index contributed by atoms with van der Waals surface area (Å²) in [5.41, 5.74) is 3.78. The normalized spacial score (nSPS) is 10.9. The molecule has 0 aliphatic heterocycles. The van der Waals surface area contributed by atoms with Crippen molar-refractivity contribution in [1.29, 1.82) is 0 Å². The molecular formula is C16H15NO3. The first-order valence-corrected chi connectivity index (χ1v) is 6.38. The van der Waals surface area contributed by atoms with E-state index in [1.165, 1.54) is 7.11 Å². The van der Waals surface area contributed by atoms with Gasteiger partial charge >= 0.3 is 5.97 Å². The van der Waals surface area contributed by atoms with Crippen molar-refractivity contribution in [3.63, 3.8) is 0 Å². The monoisotopic (exact) mass is 269 g/mol. The Morgan fingerprint density at radius 3 is 2.65 bits per heavy atom. The molecule has 0 bridgehead atoms. The number of aromatic amines is 1. The Balaban J connectivity index is 2.25. The smallest absolute Gasteiger partial charge is 0.340 e. The van der Waals surface area contributed by atoms with E-state index in [9.17, 15) is 4.79 Å². The van der Waals surface area contributed by atoms with Crippen molar-refractivity contribution < 1.29 is 13.9 Å². The summed E-state index contributed by atoms with van der Waals surface area (Å²) < 4.78 is 10.7. The van der Waals surface area contributed by atoms with E-state index in [4.69, 9.17) is 9.15 Å². The second-order valence-corrected chi connectivity index (χ2v) is 4.77. The third-order valence-corrected chi connectivity index (χ3v) is 3.44. The zero-order valence-electron chi connectivity index (χ0n) is 11.6. The van der Waals surface area contributed by atoms with Crippen LogP contribution in [0.4, 0.5) is 0 Å². The Labute approximate surface area is 116 Å². The van der Waals surface area contributed by atoms with Crippen LogP contribution in [0.5, 0.6) is 0 Å². The maximum Gasteiger partial charge on any atom is 0.340 e. The highest BCUT2D eigenvalue weighted by Gasteiger charge is 2.23. The molecule has 0 aliphatic rings. The van der Waals surface area contributed by atoms with Gasteiger partial charge < -0.3 is 14.1 Å². The van der Waals surface area contributed by atoms with E-state index in [0.29, 0.717) is 11.3 Å². The van der Waals surface area contributed by atoms with Gasteiger partial charge in [-0.1, -0.05) is 18.2 Å². The van der Waals surface area contributed by atoms with Crippen molar-refractivity contribution >= 4 is 16.9 Å². The lowest BCUT2D eigenvalue weighted by Gasteiger charge is -2.01. The molecule has 0 fully saturated rings. The highest BCUT2D eigenvalue weighted by atomic mass is 16.5. The second kappa shape index (κ2) is 4.56. The number of ether oxygens (including phenoxy) is 1. The summed E-state index contributed by atoms with van der Waals surface area (Å²) in [6, 6.07) is 9.71. The molecule has 0 radical (unpaired) electrons. The van der Waals surface area contributed by atoms with E-state index in [-0.39, 0.29) is 5.97 Å². The van der Waals surface area contributed by atoms with Gasteiger partial charge in [-0.15, -0.1) is 0 Å². The lowest BCUT2D eigenvalue weighted by Crippen LogP contribution is -2.03. The van der Waals surface area contributed by atoms with Gasteiger partial charge in [0.15, 0.2) is 0 Å². The number of para-hydroxylation sites is 1. The molecule has 2 aromatic heterocycles. The van der Waals surface area contributed by atoms with E-state index < -0.39 is 0 Å². The minimum absolute atomic E-state index is 0.359. The number of aryl methyl sites for hydroxylation is 2. The third-order valence-electron chi connectivity index (χ3n) is 3.44. The van der Waals surface area contributed by atoms with Crippen LogP contribution in [-0.4, -0.2) is 18.1 Å². The number of carbonyl (C=O) groups is 1. The summed E-state index contributed by atoms with van der Waals surface area (Å²) in [4.78, 5) is 15.1. The van der Waals surface area contributed by atoms with Crippen LogP contribution in [0, 0.1) is 13.8 Å². The molecule has 4 nitrogen and oxygen atoms in total. The maximum atomic E-state index is 12.0. The molecule has 0 unspecified atom stereocenters. The average molecular weight is 269 g/mol. The van der Waals surface area contributed by atoms with Gasteiger partial charge in [-0.2, -0.15) is 0 Å². The summed E-state index contributed by atoms with van der Waals surface area (Å²) in [5.74, 6) is 0.316. The first-order valence-electron chi connectivity index (χ1n) is 6.38. The molecular weight excluding hydrogens is 254 g/mol. The largest absolute Gasteiger partial charge is 0.465 e. The van der Waals surface area contributed by atoms with Gasteiger partial charge in [0.1, 0.15) is 11.3 Å². The van der Waals surface area contributed by atoms with Crippen LogP contribution in [-0.2, 0) is 4.74 Å². The van der Waals surface area contributed by atoms with Crippen LogP contribution in [0.15, 0.2) is 34.7 Å². The number of hydrogen-bond acceptors (Lipinski definition) is 3. The van der Waals surface area contributed by atoms with Gasteiger partial charge in [0.05, 0.1) is 18.2 Å². The van der Waals surface area contributed by atoms with Crippen LogP contribution in [0.1, 0.15) is 21.7 Å². The van der Waals surface area contributed by atoms with Crippen LogP contribution in [0.3, 0.4) is 0 Å². The number of aromatic nitrogens is 1. The standard InChI is InChI=1S/C16H15NO3/c1-9-14(15(10(2)17-9)16(18)19-3)13-8-11-6-4-5-7-12(11)20-13/h4-8,17H,1-3H3. The number of rotatable bonds is 2. The summed E-state index contributed by atoms with van der Waals surface area (Å²) in [6.45, 7) is 3.77. The molecule has 20 heavy (non-hydrogen) atoms. The molecule has 2 heterocycles. The van der Waals surface area contributed by atoms with Gasteiger partial charge in [0.2, 0.25) is 0 Å². The van der Waals surface area contributed by atoms with Crippen LogP contribution in [0.2, 0.25) is 0 Å². The molecule has 4 heteroatoms. The first-order chi connectivity index (χ1) is 9.61. The van der Waals surface area contributed by atoms with E-state index >= 15 is 0 Å². The summed E-state index contributed by atoms with van der Waals surface area (Å²) in [5, 5.41) is 1.01. The Kier molecular flexibility index (Phi) is 2.86. The number of fused-ring (bicyclic) bond motifs is 1. The van der Waals surface area contributed by atoms with Crippen molar-refractivity contribution in [3.05, 3.63) is 47.3 Å². The molecule has 1 N–H and O–H groups in total. The molecule has 102 valence electrons. The van der Waals surface area contributed by atoms with Gasteiger partial charge in [0.25, 0.3) is 0 Å². The van der Waals surface area contributed by atoms with Crippen LogP contribution < -0.4 is 0 Å². The van der Waals surface area contributed by atoms with Crippen LogP contribution >= 0.6 is 0 Å². The molecule has 0 atom stereocenters. The maximum absolute atomic E-state index is 12.0. The third kappa shape index (κ3) is 1.81. The highest BCUT2D eigenvalue weighted by molar-refractivity contribution is 6.00. The molecule has 0 saturated carbocycles. The number of esters is 1. The molecule has 3 rings (SSSR count). The Bertz CT molecular complexity index is 762. The number of furan rings is 1. The molecule has 0 spiro atoms. The minimum atomic E-state index is -0.359. The van der Waals surface area contributed by atoms with Crippen molar-refractivity contribution in [2.75, 3.05) is 7.11 Å². The zero-order valence-corrected chi connectivity index (χ0v) is 11.6. The van der Waals surface area contributed by atoms with Gasteiger partial charge in [-0.3, -0.25) is 0 Å². The molecule has 3 aromatic rings. The fourth-order valence-corrected chi connectivity index (χ4v) is 2.55. The minimum Gasteiger partial charge on any atom is -0.465 e. The molecule has 0 aliphatic carbocycles. The quantitative estimate of drug-likeness (QED) is 0.719. The Morgan fingerprint density at radius 1 is 1.20 bits per heavy atom. The zero-order chi connectivity index (χ0) is 14.3. The number of methoxy groups -OCH3 is 1.